The molecule has 2 aliphatic carbocycles. The van der Waals surface area contributed by atoms with Crippen LogP contribution in [0.4, 0.5) is 4.79 Å². The number of carbonyl (C=O) groups is 3. The maximum absolute atomic E-state index is 14.7. The number of hydrogen-bond acceptors (Lipinski definition) is 9. The lowest BCUT2D eigenvalue weighted by Gasteiger charge is -2.36. The SMILES string of the molecule is Cc1ccc2nc(C)c3c(c2c1)CC[C@]1(C[C@H]2C(=O)N[C@]4(C(O)NS(=O)(=O)C5(C)CC5)CC4/C=C\CCCCC[C@H](NC(=O)OCC(C)C)C(=O)N2C1)O3. The minimum Gasteiger partial charge on any atom is -0.483 e. The monoisotopic (exact) mass is 765 g/mol. The number of sulfonamides is 1. The van der Waals surface area contributed by atoms with Crippen LogP contribution in [0.25, 0.3) is 10.9 Å². The largest absolute Gasteiger partial charge is 0.483 e. The number of aromatic nitrogens is 1. The van der Waals surface area contributed by atoms with Crippen LogP contribution in [0.2, 0.25) is 0 Å². The summed E-state index contributed by atoms with van der Waals surface area (Å²) < 4.78 is 40.4. The van der Waals surface area contributed by atoms with Crippen LogP contribution >= 0.6 is 0 Å². The predicted octanol–water partition coefficient (Wildman–Crippen LogP) is 4.45. The summed E-state index contributed by atoms with van der Waals surface area (Å²) in [6, 6.07) is 4.18. The van der Waals surface area contributed by atoms with Crippen LogP contribution < -0.4 is 20.1 Å². The van der Waals surface area contributed by atoms with Crippen molar-refractivity contribution in [2.75, 3.05) is 13.2 Å². The topological polar surface area (TPSA) is 176 Å². The van der Waals surface area contributed by atoms with Crippen LogP contribution in [0.15, 0.2) is 30.4 Å². The van der Waals surface area contributed by atoms with Crippen LogP contribution in [0, 0.1) is 25.7 Å². The van der Waals surface area contributed by atoms with Crippen molar-refractivity contribution >= 4 is 38.8 Å². The van der Waals surface area contributed by atoms with E-state index in [-0.39, 0.29) is 31.4 Å². The number of nitrogens with one attached hydrogen (secondary N) is 3. The highest BCUT2D eigenvalue weighted by Gasteiger charge is 2.63. The molecule has 4 N–H and O–H groups in total. The molecule has 2 aromatic rings. The third-order valence-corrected chi connectivity index (χ3v) is 14.4. The molecule has 1 aromatic heterocycles. The molecule has 1 aromatic carbocycles. The normalized spacial score (nSPS) is 30.6. The van der Waals surface area contributed by atoms with Gasteiger partial charge in [-0.15, -0.1) is 0 Å². The molecule has 0 bridgehead atoms. The van der Waals surface area contributed by atoms with Crippen molar-refractivity contribution in [2.45, 2.75) is 139 Å². The Morgan fingerprint density at radius 3 is 2.67 bits per heavy atom. The highest BCUT2D eigenvalue weighted by Crippen LogP contribution is 2.50. The molecule has 1 spiro atoms. The Morgan fingerprint density at radius 2 is 1.93 bits per heavy atom. The minimum atomic E-state index is -3.88. The molecule has 2 unspecified atom stereocenters. The maximum atomic E-state index is 14.7. The fourth-order valence-electron chi connectivity index (χ4n) is 8.39. The van der Waals surface area contributed by atoms with Gasteiger partial charge < -0.3 is 30.1 Å². The summed E-state index contributed by atoms with van der Waals surface area (Å²) >= 11 is 0. The van der Waals surface area contributed by atoms with Gasteiger partial charge in [-0.3, -0.25) is 9.59 Å². The van der Waals surface area contributed by atoms with Crippen molar-refractivity contribution < 1.29 is 37.4 Å². The van der Waals surface area contributed by atoms with Gasteiger partial charge in [-0.25, -0.2) is 18.2 Å². The van der Waals surface area contributed by atoms with E-state index < -0.39 is 62.1 Å². The molecule has 5 aliphatic rings. The Labute approximate surface area is 318 Å². The standard InChI is InChI=1S/C40H55N5O8S/c1-24(2)22-52-37(49)42-31-12-10-8-6-7-9-11-27-20-40(27,36(48)44-54(50,51)38(5)17-18-38)43-34(46)32-21-39(23-45(32)35(31)47)16-15-28-29-19-25(3)13-14-30(29)41-26(4)33(28)53-39/h9,11,13-14,19,24,27,31-32,36,44,48H,6-8,10,12,15-18,20-23H2,1-5H3,(H,42,49)(H,43,46)/b11-9-/t27?,31-,32-,36?,39+,40+/m0/s1. The number of ether oxygens (including phenoxy) is 2. The van der Waals surface area contributed by atoms with Gasteiger partial charge in [0.2, 0.25) is 21.8 Å². The zero-order valence-electron chi connectivity index (χ0n) is 32.1. The van der Waals surface area contributed by atoms with E-state index in [0.717, 1.165) is 47.0 Å². The summed E-state index contributed by atoms with van der Waals surface area (Å²) in [6.45, 7) is 9.73. The van der Waals surface area contributed by atoms with Gasteiger partial charge in [-0.2, -0.15) is 4.72 Å². The number of benzene rings is 1. The Morgan fingerprint density at radius 1 is 1.15 bits per heavy atom. The van der Waals surface area contributed by atoms with Gasteiger partial charge in [0.1, 0.15) is 29.7 Å². The summed E-state index contributed by atoms with van der Waals surface area (Å²) in [5.41, 5.74) is 1.52. The molecule has 1 saturated heterocycles. The number of nitrogens with zero attached hydrogens (tertiary/aromatic N) is 2. The van der Waals surface area contributed by atoms with Gasteiger partial charge in [-0.05, 0) is 90.2 Å². The first-order valence-corrected chi connectivity index (χ1v) is 21.0. The number of carbonyl (C=O) groups excluding carboxylic acids is 3. The molecule has 3 fully saturated rings. The quantitative estimate of drug-likeness (QED) is 0.234. The van der Waals surface area contributed by atoms with Crippen molar-refractivity contribution in [3.63, 3.8) is 0 Å². The summed E-state index contributed by atoms with van der Waals surface area (Å²) in [6.07, 6.45) is 7.75. The Bertz CT molecular complexity index is 1960. The van der Waals surface area contributed by atoms with Gasteiger partial charge >= 0.3 is 6.09 Å². The van der Waals surface area contributed by atoms with Crippen molar-refractivity contribution in [3.8, 4) is 5.75 Å². The molecule has 294 valence electrons. The molecule has 7 rings (SSSR count). The Kier molecular flexibility index (Phi) is 10.3. The molecule has 54 heavy (non-hydrogen) atoms. The number of fused-ring (bicyclic) bond motifs is 5. The summed E-state index contributed by atoms with van der Waals surface area (Å²) in [5.74, 6) is -0.478. The van der Waals surface area contributed by atoms with Crippen LogP contribution in [0.5, 0.6) is 5.75 Å². The number of aliphatic hydroxyl groups is 1. The molecule has 13 nitrogen and oxygen atoms in total. The van der Waals surface area contributed by atoms with E-state index in [1.54, 1.807) is 6.92 Å². The number of alkyl carbamates (subject to hydrolysis) is 1. The smallest absolute Gasteiger partial charge is 0.407 e. The number of rotatable bonds is 7. The van der Waals surface area contributed by atoms with E-state index in [1.165, 1.54) is 4.90 Å². The molecule has 4 heterocycles. The van der Waals surface area contributed by atoms with Crippen molar-refractivity contribution in [1.82, 2.24) is 25.2 Å². The lowest BCUT2D eigenvalue weighted by molar-refractivity contribution is -0.141. The second-order valence-electron chi connectivity index (χ2n) is 17.1. The van der Waals surface area contributed by atoms with Gasteiger partial charge in [0, 0.05) is 23.3 Å². The van der Waals surface area contributed by atoms with Gasteiger partial charge in [-0.1, -0.05) is 50.5 Å². The molecule has 6 atom stereocenters. The molecule has 3 amide bonds. The number of allylic oxidation sites excluding steroid dienone is 1. The second kappa shape index (κ2) is 14.4. The van der Waals surface area contributed by atoms with Gasteiger partial charge in [0.05, 0.1) is 34.6 Å². The van der Waals surface area contributed by atoms with Crippen LogP contribution in [0.1, 0.15) is 102 Å². The van der Waals surface area contributed by atoms with Crippen molar-refractivity contribution in [1.29, 1.82) is 0 Å². The average Bonchev–Trinajstić information content (AvgIpc) is 4.01. The van der Waals surface area contributed by atoms with E-state index in [0.29, 0.717) is 50.7 Å². The van der Waals surface area contributed by atoms with E-state index in [1.807, 2.05) is 52.0 Å². The summed E-state index contributed by atoms with van der Waals surface area (Å²) in [4.78, 5) is 48.7. The van der Waals surface area contributed by atoms with E-state index in [2.05, 4.69) is 21.4 Å². The zero-order valence-corrected chi connectivity index (χ0v) is 32.9. The fraction of sp³-hybridized carbons (Fsp3) is 0.650. The number of aliphatic hydroxyl groups excluding tert-OH is 1. The van der Waals surface area contributed by atoms with E-state index in [4.69, 9.17) is 14.5 Å². The third-order valence-electron chi connectivity index (χ3n) is 12.1. The average molecular weight is 766 g/mol. The third kappa shape index (κ3) is 7.45. The van der Waals surface area contributed by atoms with Gasteiger partial charge in [0.25, 0.3) is 0 Å². The Balaban J connectivity index is 1.22. The highest BCUT2D eigenvalue weighted by molar-refractivity contribution is 7.91. The van der Waals surface area contributed by atoms with Crippen LogP contribution in [0.3, 0.4) is 0 Å². The molecular formula is C40H55N5O8S. The second-order valence-corrected chi connectivity index (χ2v) is 19.3. The summed E-state index contributed by atoms with van der Waals surface area (Å²) in [5, 5.41) is 18.4. The maximum Gasteiger partial charge on any atom is 0.407 e. The number of pyridine rings is 1. The molecule has 3 aliphatic heterocycles. The zero-order chi connectivity index (χ0) is 38.6. The molecule has 0 radical (unpaired) electrons. The first kappa shape index (κ1) is 38.5. The first-order valence-electron chi connectivity index (χ1n) is 19.6. The van der Waals surface area contributed by atoms with E-state index in [9.17, 15) is 27.9 Å². The van der Waals surface area contributed by atoms with Crippen LogP contribution in [-0.2, 0) is 30.8 Å². The first-order chi connectivity index (χ1) is 25.6. The number of aryl methyl sites for hydroxylation is 3. The van der Waals surface area contributed by atoms with Crippen molar-refractivity contribution in [2.24, 2.45) is 11.8 Å². The molecular weight excluding hydrogens is 711 g/mol. The lowest BCUT2D eigenvalue weighted by atomic mass is 9.87. The number of amides is 3. The lowest BCUT2D eigenvalue weighted by Crippen LogP contribution is -2.60. The molecule has 2 saturated carbocycles. The fourth-order valence-corrected chi connectivity index (χ4v) is 9.82. The highest BCUT2D eigenvalue weighted by atomic mass is 32.2. The van der Waals surface area contributed by atoms with Crippen LogP contribution in [-0.4, -0.2) is 88.7 Å². The number of hydrogen-bond donors (Lipinski definition) is 4. The molecule has 14 heteroatoms. The van der Waals surface area contributed by atoms with Crippen molar-refractivity contribution in [3.05, 3.63) is 47.2 Å². The summed E-state index contributed by atoms with van der Waals surface area (Å²) in [7, 11) is -3.88. The predicted molar refractivity (Wildman–Crippen MR) is 203 cm³/mol. The minimum absolute atomic E-state index is 0.0950. The van der Waals surface area contributed by atoms with Gasteiger partial charge in [0.15, 0.2) is 0 Å². The van der Waals surface area contributed by atoms with E-state index >= 15 is 0 Å². The Hall–Kier alpha value is -3.75.